The van der Waals surface area contributed by atoms with Crippen molar-refractivity contribution >= 4 is 0 Å². The summed E-state index contributed by atoms with van der Waals surface area (Å²) >= 11 is 0. The van der Waals surface area contributed by atoms with Crippen LogP contribution < -0.4 is 10.1 Å². The van der Waals surface area contributed by atoms with Gasteiger partial charge >= 0.3 is 0 Å². The van der Waals surface area contributed by atoms with Crippen molar-refractivity contribution in [3.8, 4) is 5.75 Å². The Morgan fingerprint density at radius 1 is 1.27 bits per heavy atom. The molecule has 0 amide bonds. The van der Waals surface area contributed by atoms with Crippen molar-refractivity contribution in [1.82, 2.24) is 5.32 Å². The average molecular weight is 207 g/mol. The van der Waals surface area contributed by atoms with Crippen LogP contribution in [0.1, 0.15) is 25.8 Å². The molecule has 0 saturated heterocycles. The number of benzene rings is 1. The first-order valence-electron chi connectivity index (χ1n) is 5.60. The van der Waals surface area contributed by atoms with Crippen molar-refractivity contribution in [3.05, 3.63) is 29.8 Å². The minimum absolute atomic E-state index is 0.753. The van der Waals surface area contributed by atoms with E-state index < -0.39 is 0 Å². The number of hydrogen-bond donors (Lipinski definition) is 1. The highest BCUT2D eigenvalue weighted by molar-refractivity contribution is 5.26. The standard InChI is InChI=1S/C13H21NO/c1-4-11(2)9-14-10-12-5-7-13(15-3)8-6-12/h5-8,11,14H,4,9-10H2,1-3H3. The molecular formula is C13H21NO. The average Bonchev–Trinajstić information content (AvgIpc) is 2.29. The van der Waals surface area contributed by atoms with Gasteiger partial charge in [0.25, 0.3) is 0 Å². The zero-order chi connectivity index (χ0) is 11.1. The van der Waals surface area contributed by atoms with Crippen molar-refractivity contribution in [1.29, 1.82) is 0 Å². The minimum atomic E-state index is 0.753. The summed E-state index contributed by atoms with van der Waals surface area (Å²) in [5.74, 6) is 1.67. The molecule has 0 aromatic heterocycles. The van der Waals surface area contributed by atoms with Gasteiger partial charge in [0.2, 0.25) is 0 Å². The van der Waals surface area contributed by atoms with Gasteiger partial charge in [-0.3, -0.25) is 0 Å². The van der Waals surface area contributed by atoms with Crippen LogP contribution in [-0.2, 0) is 6.54 Å². The lowest BCUT2D eigenvalue weighted by Gasteiger charge is -2.10. The highest BCUT2D eigenvalue weighted by Gasteiger charge is 1.98. The third kappa shape index (κ3) is 4.34. The van der Waals surface area contributed by atoms with Crippen LogP contribution in [-0.4, -0.2) is 13.7 Å². The Morgan fingerprint density at radius 2 is 1.93 bits per heavy atom. The normalized spacial score (nSPS) is 12.5. The molecule has 2 heteroatoms. The molecule has 1 N–H and O–H groups in total. The van der Waals surface area contributed by atoms with Gasteiger partial charge in [0.05, 0.1) is 7.11 Å². The quantitative estimate of drug-likeness (QED) is 0.774. The van der Waals surface area contributed by atoms with Crippen molar-refractivity contribution < 1.29 is 4.74 Å². The summed E-state index contributed by atoms with van der Waals surface area (Å²) in [4.78, 5) is 0. The second kappa shape index (κ2) is 6.46. The van der Waals surface area contributed by atoms with Gasteiger partial charge in [-0.25, -0.2) is 0 Å². The number of rotatable bonds is 6. The van der Waals surface area contributed by atoms with Crippen LogP contribution in [0.2, 0.25) is 0 Å². The predicted octanol–water partition coefficient (Wildman–Crippen LogP) is 2.83. The van der Waals surface area contributed by atoms with Crippen LogP contribution >= 0.6 is 0 Å². The van der Waals surface area contributed by atoms with E-state index in [2.05, 4.69) is 31.3 Å². The van der Waals surface area contributed by atoms with E-state index in [-0.39, 0.29) is 0 Å². The second-order valence-electron chi connectivity index (χ2n) is 3.99. The van der Waals surface area contributed by atoms with E-state index in [1.165, 1.54) is 12.0 Å². The third-order valence-electron chi connectivity index (χ3n) is 2.68. The van der Waals surface area contributed by atoms with Gasteiger partial charge in [-0.15, -0.1) is 0 Å². The zero-order valence-electron chi connectivity index (χ0n) is 9.92. The SMILES string of the molecule is CCC(C)CNCc1ccc(OC)cc1. The van der Waals surface area contributed by atoms with Crippen molar-refractivity contribution in [2.75, 3.05) is 13.7 Å². The second-order valence-corrected chi connectivity index (χ2v) is 3.99. The maximum Gasteiger partial charge on any atom is 0.118 e. The largest absolute Gasteiger partial charge is 0.497 e. The molecule has 0 aliphatic heterocycles. The van der Waals surface area contributed by atoms with Gasteiger partial charge in [0.1, 0.15) is 5.75 Å². The fourth-order valence-corrected chi connectivity index (χ4v) is 1.35. The van der Waals surface area contributed by atoms with Crippen LogP contribution in [0.3, 0.4) is 0 Å². The molecule has 0 aliphatic carbocycles. The lowest BCUT2D eigenvalue weighted by atomic mass is 10.1. The molecular weight excluding hydrogens is 186 g/mol. The molecule has 0 fully saturated rings. The van der Waals surface area contributed by atoms with E-state index >= 15 is 0 Å². The molecule has 0 spiro atoms. The molecule has 1 aromatic carbocycles. The summed E-state index contributed by atoms with van der Waals surface area (Å²) in [6, 6.07) is 8.20. The molecule has 1 aromatic rings. The van der Waals surface area contributed by atoms with Gasteiger partial charge in [-0.05, 0) is 30.2 Å². The first-order valence-corrected chi connectivity index (χ1v) is 5.60. The molecule has 2 nitrogen and oxygen atoms in total. The van der Waals surface area contributed by atoms with Crippen LogP contribution in [0.5, 0.6) is 5.75 Å². The number of methoxy groups -OCH3 is 1. The van der Waals surface area contributed by atoms with E-state index in [4.69, 9.17) is 4.74 Å². The lowest BCUT2D eigenvalue weighted by Crippen LogP contribution is -2.20. The predicted molar refractivity (Wildman–Crippen MR) is 64.2 cm³/mol. The molecule has 1 unspecified atom stereocenters. The van der Waals surface area contributed by atoms with Crippen molar-refractivity contribution in [2.45, 2.75) is 26.8 Å². The van der Waals surface area contributed by atoms with Crippen molar-refractivity contribution in [2.24, 2.45) is 5.92 Å². The van der Waals surface area contributed by atoms with Gasteiger partial charge in [0, 0.05) is 6.54 Å². The topological polar surface area (TPSA) is 21.3 Å². The Labute approximate surface area is 92.6 Å². The Hall–Kier alpha value is -1.02. The first kappa shape index (κ1) is 12.1. The van der Waals surface area contributed by atoms with Gasteiger partial charge < -0.3 is 10.1 Å². The summed E-state index contributed by atoms with van der Waals surface area (Å²) < 4.78 is 5.11. The highest BCUT2D eigenvalue weighted by atomic mass is 16.5. The molecule has 0 saturated carbocycles. The molecule has 1 atom stereocenters. The third-order valence-corrected chi connectivity index (χ3v) is 2.68. The van der Waals surface area contributed by atoms with E-state index in [1.807, 2.05) is 12.1 Å². The van der Waals surface area contributed by atoms with Crippen LogP contribution in [0.4, 0.5) is 0 Å². The molecule has 1 rings (SSSR count). The Bertz CT molecular complexity index is 268. The Balaban J connectivity index is 2.31. The number of ether oxygens (including phenoxy) is 1. The molecule has 0 bridgehead atoms. The summed E-state index contributed by atoms with van der Waals surface area (Å²) in [6.45, 7) is 6.51. The van der Waals surface area contributed by atoms with Crippen LogP contribution in [0.15, 0.2) is 24.3 Å². The molecule has 0 aliphatic rings. The van der Waals surface area contributed by atoms with E-state index in [9.17, 15) is 0 Å². The zero-order valence-corrected chi connectivity index (χ0v) is 9.92. The molecule has 84 valence electrons. The Morgan fingerprint density at radius 3 is 2.47 bits per heavy atom. The first-order chi connectivity index (χ1) is 7.26. The maximum absolute atomic E-state index is 5.11. The van der Waals surface area contributed by atoms with E-state index in [0.29, 0.717) is 0 Å². The van der Waals surface area contributed by atoms with Gasteiger partial charge in [0.15, 0.2) is 0 Å². The van der Waals surface area contributed by atoms with Crippen molar-refractivity contribution in [3.63, 3.8) is 0 Å². The monoisotopic (exact) mass is 207 g/mol. The van der Waals surface area contributed by atoms with Crippen LogP contribution in [0.25, 0.3) is 0 Å². The fraction of sp³-hybridized carbons (Fsp3) is 0.538. The highest BCUT2D eigenvalue weighted by Crippen LogP contribution is 2.11. The summed E-state index contributed by atoms with van der Waals surface area (Å²) in [5, 5.41) is 3.45. The maximum atomic E-state index is 5.11. The van der Waals surface area contributed by atoms with Gasteiger partial charge in [-0.1, -0.05) is 32.4 Å². The molecule has 0 heterocycles. The summed E-state index contributed by atoms with van der Waals surface area (Å²) in [6.07, 6.45) is 1.23. The van der Waals surface area contributed by atoms with E-state index in [0.717, 1.165) is 24.8 Å². The van der Waals surface area contributed by atoms with Crippen LogP contribution in [0, 0.1) is 5.92 Å². The lowest BCUT2D eigenvalue weighted by molar-refractivity contribution is 0.414. The molecule has 15 heavy (non-hydrogen) atoms. The Kier molecular flexibility index (Phi) is 5.19. The fourth-order valence-electron chi connectivity index (χ4n) is 1.35. The van der Waals surface area contributed by atoms with Gasteiger partial charge in [-0.2, -0.15) is 0 Å². The van der Waals surface area contributed by atoms with E-state index in [1.54, 1.807) is 7.11 Å². The minimum Gasteiger partial charge on any atom is -0.497 e. The summed E-state index contributed by atoms with van der Waals surface area (Å²) in [5.41, 5.74) is 1.30. The molecule has 0 radical (unpaired) electrons. The smallest absolute Gasteiger partial charge is 0.118 e. The summed E-state index contributed by atoms with van der Waals surface area (Å²) in [7, 11) is 1.69. The number of hydrogen-bond acceptors (Lipinski definition) is 2. The number of nitrogens with one attached hydrogen (secondary N) is 1.